The number of alkyl halides is 3. The number of fused-ring (bicyclic) bond motifs is 1. The highest BCUT2D eigenvalue weighted by molar-refractivity contribution is 6.02. The number of carbonyl (C=O) groups excluding carboxylic acids is 2. The van der Waals surface area contributed by atoms with Crippen molar-refractivity contribution in [1.82, 2.24) is 19.9 Å². The van der Waals surface area contributed by atoms with Crippen LogP contribution in [0.2, 0.25) is 0 Å². The maximum absolute atomic E-state index is 12.2. The summed E-state index contributed by atoms with van der Waals surface area (Å²) < 4.78 is 40.8. The molecule has 1 saturated heterocycles. The summed E-state index contributed by atoms with van der Waals surface area (Å²) in [6.07, 6.45) is -1.27. The van der Waals surface area contributed by atoms with Crippen LogP contribution in [0.5, 0.6) is 0 Å². The molecule has 0 spiro atoms. The largest absolute Gasteiger partial charge is 0.440 e. The van der Waals surface area contributed by atoms with Crippen LogP contribution >= 0.6 is 0 Å². The highest BCUT2D eigenvalue weighted by atomic mass is 19.4. The fraction of sp³-hybridized carbons (Fsp3) is 0.353. The predicted molar refractivity (Wildman–Crippen MR) is 97.9 cm³/mol. The molecule has 1 aliphatic rings. The molecule has 3 heterocycles. The molecular formula is C17H16F3N7O3. The Morgan fingerprint density at radius 1 is 1.33 bits per heavy atom. The van der Waals surface area contributed by atoms with Crippen LogP contribution in [-0.2, 0) is 9.53 Å². The van der Waals surface area contributed by atoms with Crippen LogP contribution in [-0.4, -0.2) is 70.8 Å². The van der Waals surface area contributed by atoms with Crippen molar-refractivity contribution in [1.29, 1.82) is 5.26 Å². The molecule has 0 bridgehead atoms. The number of aromatic amines is 1. The van der Waals surface area contributed by atoms with Gasteiger partial charge in [0.05, 0.1) is 6.20 Å². The summed E-state index contributed by atoms with van der Waals surface area (Å²) in [5.74, 6) is -0.401. The number of ether oxygens (including phenoxy) is 1. The first-order chi connectivity index (χ1) is 14.2. The van der Waals surface area contributed by atoms with Crippen LogP contribution < -0.4 is 10.6 Å². The van der Waals surface area contributed by atoms with Gasteiger partial charge in [-0.1, -0.05) is 0 Å². The number of hydrogen-bond acceptors (Lipinski definition) is 7. The predicted octanol–water partition coefficient (Wildman–Crippen LogP) is 1.17. The SMILES string of the molecule is N#C/C(=C\c1c[nH]c2ncc(N3CCN(C(=O)OCC(F)(F)F)CC3)nc12)C(N)=O. The summed E-state index contributed by atoms with van der Waals surface area (Å²) in [5.41, 5.74) is 6.20. The second-order valence-corrected chi connectivity index (χ2v) is 6.35. The number of anilines is 1. The molecule has 2 aromatic rings. The molecule has 0 aromatic carbocycles. The molecule has 1 aliphatic heterocycles. The highest BCUT2D eigenvalue weighted by Crippen LogP contribution is 2.22. The van der Waals surface area contributed by atoms with E-state index < -0.39 is 24.8 Å². The molecule has 13 heteroatoms. The van der Waals surface area contributed by atoms with Crippen molar-refractivity contribution in [2.45, 2.75) is 6.18 Å². The van der Waals surface area contributed by atoms with Crippen molar-refractivity contribution in [3.05, 3.63) is 23.5 Å². The first-order valence-corrected chi connectivity index (χ1v) is 8.67. The standard InChI is InChI=1S/C17H16F3N7O3/c18-17(19,20)9-30-16(29)27-3-1-26(2-4-27)12-8-24-15-13(25-12)11(7-23-15)5-10(6-21)14(22)28/h5,7-8H,1-4,9H2,(H2,22,28)(H,23,24)/b10-5+. The van der Waals surface area contributed by atoms with Crippen LogP contribution in [0.4, 0.5) is 23.8 Å². The molecule has 3 N–H and O–H groups in total. The molecule has 0 saturated carbocycles. The Morgan fingerprint density at radius 3 is 2.63 bits per heavy atom. The maximum Gasteiger partial charge on any atom is 0.422 e. The number of piperazine rings is 1. The second-order valence-electron chi connectivity index (χ2n) is 6.35. The lowest BCUT2D eigenvalue weighted by molar-refractivity contribution is -0.162. The smallest absolute Gasteiger partial charge is 0.422 e. The summed E-state index contributed by atoms with van der Waals surface area (Å²) in [5, 5.41) is 9.00. The molecule has 0 aliphatic carbocycles. The van der Waals surface area contributed by atoms with Crippen LogP contribution in [0.25, 0.3) is 17.2 Å². The zero-order valence-corrected chi connectivity index (χ0v) is 15.4. The van der Waals surface area contributed by atoms with Gasteiger partial charge in [-0.2, -0.15) is 18.4 Å². The molecule has 1 fully saturated rings. The van der Waals surface area contributed by atoms with E-state index in [4.69, 9.17) is 11.0 Å². The monoisotopic (exact) mass is 423 g/mol. The minimum Gasteiger partial charge on any atom is -0.440 e. The van der Waals surface area contributed by atoms with E-state index in [1.54, 1.807) is 11.0 Å². The fourth-order valence-electron chi connectivity index (χ4n) is 2.83. The summed E-state index contributed by atoms with van der Waals surface area (Å²) >= 11 is 0. The molecular weight excluding hydrogens is 407 g/mol. The van der Waals surface area contributed by atoms with E-state index in [1.807, 2.05) is 0 Å². The van der Waals surface area contributed by atoms with Gasteiger partial charge >= 0.3 is 12.3 Å². The molecule has 2 amide bonds. The number of nitrogens with two attached hydrogens (primary N) is 1. The van der Waals surface area contributed by atoms with E-state index in [0.29, 0.717) is 35.6 Å². The third kappa shape index (κ3) is 4.77. The Bertz CT molecular complexity index is 1030. The average molecular weight is 423 g/mol. The van der Waals surface area contributed by atoms with Crippen LogP contribution in [0.15, 0.2) is 18.0 Å². The van der Waals surface area contributed by atoms with E-state index in [0.717, 1.165) is 0 Å². The van der Waals surface area contributed by atoms with Crippen molar-refractivity contribution < 1.29 is 27.5 Å². The number of nitrogens with one attached hydrogen (secondary N) is 1. The van der Waals surface area contributed by atoms with E-state index in [9.17, 15) is 22.8 Å². The van der Waals surface area contributed by atoms with Gasteiger partial charge in [-0.25, -0.2) is 14.8 Å². The van der Waals surface area contributed by atoms with E-state index in [2.05, 4.69) is 19.7 Å². The molecule has 0 atom stereocenters. The number of nitrogens with zero attached hydrogens (tertiary/aromatic N) is 5. The van der Waals surface area contributed by atoms with Gasteiger partial charge in [0.2, 0.25) is 0 Å². The van der Waals surface area contributed by atoms with Crippen molar-refractivity contribution in [3.63, 3.8) is 0 Å². The van der Waals surface area contributed by atoms with E-state index in [1.165, 1.54) is 23.4 Å². The minimum atomic E-state index is -4.58. The van der Waals surface area contributed by atoms with Crippen molar-refractivity contribution in [2.75, 3.05) is 37.7 Å². The Kier molecular flexibility index (Phi) is 5.77. The third-order valence-electron chi connectivity index (χ3n) is 4.30. The van der Waals surface area contributed by atoms with E-state index >= 15 is 0 Å². The van der Waals surface area contributed by atoms with Gasteiger partial charge in [-0.3, -0.25) is 4.79 Å². The van der Waals surface area contributed by atoms with Gasteiger partial charge in [0, 0.05) is 37.9 Å². The Balaban J connectivity index is 1.71. The quantitative estimate of drug-likeness (QED) is 0.555. The van der Waals surface area contributed by atoms with Gasteiger partial charge in [-0.15, -0.1) is 0 Å². The number of amides is 2. The van der Waals surface area contributed by atoms with Crippen molar-refractivity contribution in [2.24, 2.45) is 5.73 Å². The number of carbonyl (C=O) groups is 2. The van der Waals surface area contributed by atoms with Gasteiger partial charge < -0.3 is 25.3 Å². The maximum atomic E-state index is 12.2. The molecule has 158 valence electrons. The van der Waals surface area contributed by atoms with Crippen LogP contribution in [0.1, 0.15) is 5.56 Å². The van der Waals surface area contributed by atoms with Crippen LogP contribution in [0, 0.1) is 11.3 Å². The molecule has 30 heavy (non-hydrogen) atoms. The number of nitriles is 1. The lowest BCUT2D eigenvalue weighted by Crippen LogP contribution is -2.49. The van der Waals surface area contributed by atoms with Gasteiger partial charge in [0.25, 0.3) is 5.91 Å². The summed E-state index contributed by atoms with van der Waals surface area (Å²) in [6.45, 7) is -0.718. The van der Waals surface area contributed by atoms with Crippen molar-refractivity contribution in [3.8, 4) is 6.07 Å². The zero-order chi connectivity index (χ0) is 21.9. The first-order valence-electron chi connectivity index (χ1n) is 8.67. The number of H-pyrrole nitrogens is 1. The summed E-state index contributed by atoms with van der Waals surface area (Å²) in [7, 11) is 0. The lowest BCUT2D eigenvalue weighted by Gasteiger charge is -2.34. The van der Waals surface area contributed by atoms with Gasteiger partial charge in [0.1, 0.15) is 23.0 Å². The Hall–Kier alpha value is -3.82. The molecule has 2 aromatic heterocycles. The third-order valence-corrected chi connectivity index (χ3v) is 4.30. The number of primary amides is 1. The fourth-order valence-corrected chi connectivity index (χ4v) is 2.83. The first kappa shape index (κ1) is 20.9. The highest BCUT2D eigenvalue weighted by Gasteiger charge is 2.31. The summed E-state index contributed by atoms with van der Waals surface area (Å²) in [6, 6.07) is 1.71. The Morgan fingerprint density at radius 2 is 2.03 bits per heavy atom. The topological polar surface area (TPSA) is 141 Å². The number of rotatable bonds is 4. The Labute approximate surface area is 167 Å². The normalized spacial score (nSPS) is 15.2. The number of hydrogen-bond donors (Lipinski definition) is 2. The molecule has 3 rings (SSSR count). The number of halogens is 3. The lowest BCUT2D eigenvalue weighted by atomic mass is 10.2. The zero-order valence-electron chi connectivity index (χ0n) is 15.4. The minimum absolute atomic E-state index is 0.149. The van der Waals surface area contributed by atoms with E-state index in [-0.39, 0.29) is 18.7 Å². The van der Waals surface area contributed by atoms with Crippen LogP contribution in [0.3, 0.4) is 0 Å². The average Bonchev–Trinajstić information content (AvgIpc) is 3.11. The van der Waals surface area contributed by atoms with Crippen molar-refractivity contribution >= 4 is 35.1 Å². The van der Waals surface area contributed by atoms with Gasteiger partial charge in [-0.05, 0) is 6.08 Å². The second kappa shape index (κ2) is 8.27. The molecule has 0 unspecified atom stereocenters. The number of aromatic nitrogens is 3. The molecule has 0 radical (unpaired) electrons. The molecule has 10 nitrogen and oxygen atoms in total. The van der Waals surface area contributed by atoms with Gasteiger partial charge in [0.15, 0.2) is 12.3 Å². The summed E-state index contributed by atoms with van der Waals surface area (Å²) in [4.78, 5) is 37.6.